The Kier molecular flexibility index (Phi) is 6.81. The van der Waals surface area contributed by atoms with Gasteiger partial charge in [-0.05, 0) is 77.4 Å². The second-order valence-corrected chi connectivity index (χ2v) is 12.9. The Morgan fingerprint density at radius 1 is 0.373 bits per heavy atom. The summed E-state index contributed by atoms with van der Waals surface area (Å²) in [6.07, 6.45) is 0. The molecule has 0 amide bonds. The maximum Gasteiger partial charge on any atom is 0.138 e. The number of anilines is 3. The molecule has 3 heteroatoms. The third-order valence-electron chi connectivity index (χ3n) is 9.98. The number of nitrogens with zero attached hydrogens (tertiary/aromatic N) is 2. The molecule has 2 aromatic heterocycles. The molecule has 3 nitrogen and oxygen atoms in total. The van der Waals surface area contributed by atoms with Crippen LogP contribution in [0.2, 0.25) is 0 Å². The van der Waals surface area contributed by atoms with Crippen LogP contribution in [0.3, 0.4) is 0 Å². The van der Waals surface area contributed by atoms with Gasteiger partial charge in [-0.2, -0.15) is 0 Å². The highest BCUT2D eigenvalue weighted by Crippen LogP contribution is 2.46. The first kappa shape index (κ1) is 29.1. The highest BCUT2D eigenvalue weighted by Gasteiger charge is 2.23. The Hall–Kier alpha value is -6.84. The van der Waals surface area contributed by atoms with Crippen molar-refractivity contribution in [3.8, 4) is 27.9 Å². The van der Waals surface area contributed by atoms with Gasteiger partial charge in [0.25, 0.3) is 0 Å². The molecule has 0 atom stereocenters. The van der Waals surface area contributed by atoms with Crippen LogP contribution in [0.4, 0.5) is 17.1 Å². The van der Waals surface area contributed by atoms with Gasteiger partial charge >= 0.3 is 0 Å². The summed E-state index contributed by atoms with van der Waals surface area (Å²) in [6, 6.07) is 68.9. The van der Waals surface area contributed by atoms with E-state index in [2.05, 4.69) is 198 Å². The van der Waals surface area contributed by atoms with Crippen molar-refractivity contribution in [3.05, 3.63) is 194 Å². The zero-order chi connectivity index (χ0) is 33.7. The van der Waals surface area contributed by atoms with E-state index in [1.807, 2.05) is 6.07 Å². The Morgan fingerprint density at radius 3 is 1.59 bits per heavy atom. The first-order valence-electron chi connectivity index (χ1n) is 17.4. The van der Waals surface area contributed by atoms with Gasteiger partial charge in [-0.3, -0.25) is 0 Å². The molecule has 0 bridgehead atoms. The Labute approximate surface area is 295 Å². The molecule has 0 aliphatic heterocycles. The molecule has 0 saturated heterocycles. The van der Waals surface area contributed by atoms with Crippen LogP contribution in [0.25, 0.3) is 71.7 Å². The minimum atomic E-state index is 0.880. The summed E-state index contributed by atoms with van der Waals surface area (Å²) in [6.45, 7) is 0. The molecule has 8 aromatic carbocycles. The zero-order valence-electron chi connectivity index (χ0n) is 27.8. The summed E-state index contributed by atoms with van der Waals surface area (Å²) in [5.41, 5.74) is 13.2. The first-order chi connectivity index (χ1) is 25.3. The molecule has 0 saturated carbocycles. The van der Waals surface area contributed by atoms with Gasteiger partial charge in [0.15, 0.2) is 0 Å². The fourth-order valence-corrected chi connectivity index (χ4v) is 7.71. The summed E-state index contributed by atoms with van der Waals surface area (Å²) >= 11 is 0. The number of benzene rings is 8. The summed E-state index contributed by atoms with van der Waals surface area (Å²) in [4.78, 5) is 2.30. The van der Waals surface area contributed by atoms with E-state index in [4.69, 9.17) is 4.42 Å². The summed E-state index contributed by atoms with van der Waals surface area (Å²) < 4.78 is 9.02. The number of hydrogen-bond donors (Lipinski definition) is 0. The van der Waals surface area contributed by atoms with Crippen molar-refractivity contribution in [2.45, 2.75) is 0 Å². The monoisotopic (exact) mass is 652 g/mol. The zero-order valence-corrected chi connectivity index (χ0v) is 27.8. The molecular weight excluding hydrogens is 621 g/mol. The van der Waals surface area contributed by atoms with E-state index in [0.29, 0.717) is 0 Å². The third kappa shape index (κ3) is 4.82. The Balaban J connectivity index is 1.21. The molecule has 0 fully saturated rings. The maximum absolute atomic E-state index is 6.63. The van der Waals surface area contributed by atoms with Gasteiger partial charge in [0.2, 0.25) is 0 Å². The predicted molar refractivity (Wildman–Crippen MR) is 214 cm³/mol. The summed E-state index contributed by atoms with van der Waals surface area (Å²) in [5.74, 6) is 0. The van der Waals surface area contributed by atoms with E-state index in [-0.39, 0.29) is 0 Å². The number of furan rings is 1. The molecule has 0 unspecified atom stereocenters. The van der Waals surface area contributed by atoms with Gasteiger partial charge in [0.05, 0.1) is 11.0 Å². The Bertz CT molecular complexity index is 2780. The molecule has 0 aliphatic rings. The second-order valence-electron chi connectivity index (χ2n) is 12.9. The average Bonchev–Trinajstić information content (AvgIpc) is 3.74. The molecular formula is C48H32N2O. The lowest BCUT2D eigenvalue weighted by Crippen LogP contribution is -2.09. The van der Waals surface area contributed by atoms with Gasteiger partial charge in [-0.25, -0.2) is 0 Å². The van der Waals surface area contributed by atoms with Crippen LogP contribution in [-0.4, -0.2) is 4.57 Å². The van der Waals surface area contributed by atoms with Crippen LogP contribution < -0.4 is 4.90 Å². The fraction of sp³-hybridized carbons (Fsp3) is 0. The molecule has 0 aliphatic carbocycles. The molecule has 0 N–H and O–H groups in total. The van der Waals surface area contributed by atoms with E-state index in [1.165, 1.54) is 27.5 Å². The SMILES string of the molecule is c1ccc(-c2ccc(-c3c4c(cc5c3c3ccccc3n5-c3ccc(N(c5ccccc5)c5ccccc5)cc3)oc3ccccc34)cc2)cc1. The van der Waals surface area contributed by atoms with Crippen LogP contribution >= 0.6 is 0 Å². The summed E-state index contributed by atoms with van der Waals surface area (Å²) in [7, 11) is 0. The lowest BCUT2D eigenvalue weighted by atomic mass is 9.93. The lowest BCUT2D eigenvalue weighted by molar-refractivity contribution is 0.669. The maximum atomic E-state index is 6.63. The quantitative estimate of drug-likeness (QED) is 0.178. The molecule has 240 valence electrons. The van der Waals surface area contributed by atoms with Gasteiger partial charge < -0.3 is 13.9 Å². The molecule has 0 radical (unpaired) electrons. The highest BCUT2D eigenvalue weighted by atomic mass is 16.3. The topological polar surface area (TPSA) is 21.3 Å². The van der Waals surface area contributed by atoms with Crippen LogP contribution in [0.15, 0.2) is 199 Å². The van der Waals surface area contributed by atoms with E-state index < -0.39 is 0 Å². The van der Waals surface area contributed by atoms with Gasteiger partial charge in [0.1, 0.15) is 11.2 Å². The van der Waals surface area contributed by atoms with E-state index in [0.717, 1.165) is 61.3 Å². The Morgan fingerprint density at radius 2 is 0.902 bits per heavy atom. The number of fused-ring (bicyclic) bond motifs is 6. The van der Waals surface area contributed by atoms with Crippen molar-refractivity contribution in [2.24, 2.45) is 0 Å². The second kappa shape index (κ2) is 11.9. The van der Waals surface area contributed by atoms with Gasteiger partial charge in [-0.1, -0.05) is 127 Å². The summed E-state index contributed by atoms with van der Waals surface area (Å²) in [5, 5.41) is 4.70. The van der Waals surface area contributed by atoms with Crippen LogP contribution in [0, 0.1) is 0 Å². The normalized spacial score (nSPS) is 11.5. The molecule has 10 rings (SSSR count). The number of rotatable bonds is 6. The highest BCUT2D eigenvalue weighted by molar-refractivity contribution is 6.27. The number of hydrogen-bond acceptors (Lipinski definition) is 2. The average molecular weight is 653 g/mol. The van der Waals surface area contributed by atoms with Crippen LogP contribution in [-0.2, 0) is 0 Å². The van der Waals surface area contributed by atoms with Crippen LogP contribution in [0.5, 0.6) is 0 Å². The molecule has 10 aromatic rings. The molecule has 0 spiro atoms. The van der Waals surface area contributed by atoms with Crippen molar-refractivity contribution in [3.63, 3.8) is 0 Å². The number of aromatic nitrogens is 1. The first-order valence-corrected chi connectivity index (χ1v) is 17.4. The van der Waals surface area contributed by atoms with Gasteiger partial charge in [0, 0.05) is 55.9 Å². The predicted octanol–water partition coefficient (Wildman–Crippen LogP) is 13.5. The fourth-order valence-electron chi connectivity index (χ4n) is 7.71. The lowest BCUT2D eigenvalue weighted by Gasteiger charge is -2.25. The number of para-hydroxylation sites is 4. The van der Waals surface area contributed by atoms with E-state index in [1.54, 1.807) is 0 Å². The minimum absolute atomic E-state index is 0.880. The van der Waals surface area contributed by atoms with Crippen LogP contribution in [0.1, 0.15) is 0 Å². The van der Waals surface area contributed by atoms with Gasteiger partial charge in [-0.15, -0.1) is 0 Å². The third-order valence-corrected chi connectivity index (χ3v) is 9.98. The smallest absolute Gasteiger partial charge is 0.138 e. The van der Waals surface area contributed by atoms with Crippen molar-refractivity contribution in [1.29, 1.82) is 0 Å². The van der Waals surface area contributed by atoms with Crippen molar-refractivity contribution < 1.29 is 4.42 Å². The minimum Gasteiger partial charge on any atom is -0.456 e. The molecule has 51 heavy (non-hydrogen) atoms. The standard InChI is InChI=1S/C48H32N2O/c1-4-14-33(15-5-1)34-24-26-35(27-25-34)46-47-40-20-10-12-22-42(40)50(43(47)32-45-48(46)41-21-11-13-23-44(41)51-45)39-30-28-38(29-31-39)49(36-16-6-2-7-17-36)37-18-8-3-9-19-37/h1-32H. The van der Waals surface area contributed by atoms with E-state index in [9.17, 15) is 0 Å². The largest absolute Gasteiger partial charge is 0.456 e. The molecule has 2 heterocycles. The van der Waals surface area contributed by atoms with Crippen molar-refractivity contribution >= 4 is 60.8 Å². The van der Waals surface area contributed by atoms with Crippen molar-refractivity contribution in [2.75, 3.05) is 4.90 Å². The van der Waals surface area contributed by atoms with E-state index >= 15 is 0 Å². The van der Waals surface area contributed by atoms with Crippen molar-refractivity contribution in [1.82, 2.24) is 4.57 Å².